The molecule has 0 fully saturated rings. The molecule has 2 aromatic heterocycles. The van der Waals surface area contributed by atoms with Crippen molar-refractivity contribution >= 4 is 5.69 Å². The van der Waals surface area contributed by atoms with E-state index in [4.69, 9.17) is 0 Å². The zero-order chi connectivity index (χ0) is 9.80. The smallest absolute Gasteiger partial charge is 0.248 e. The quantitative estimate of drug-likeness (QED) is 0.681. The lowest BCUT2D eigenvalue weighted by molar-refractivity contribution is 1.07. The summed E-state index contributed by atoms with van der Waals surface area (Å²) in [6, 6.07) is 7.20. The van der Waals surface area contributed by atoms with Gasteiger partial charge in [0.2, 0.25) is 5.56 Å². The van der Waals surface area contributed by atoms with Crippen molar-refractivity contribution in [1.29, 1.82) is 0 Å². The molecule has 0 unspecified atom stereocenters. The summed E-state index contributed by atoms with van der Waals surface area (Å²) >= 11 is 0. The van der Waals surface area contributed by atoms with Crippen LogP contribution in [0, 0.1) is 0 Å². The second kappa shape index (κ2) is 3.83. The minimum Gasteiger partial charge on any atom is -0.378 e. The highest BCUT2D eigenvalue weighted by atomic mass is 16.1. The van der Waals surface area contributed by atoms with E-state index in [1.54, 1.807) is 12.3 Å². The zero-order valence-electron chi connectivity index (χ0n) is 7.58. The summed E-state index contributed by atoms with van der Waals surface area (Å²) in [4.78, 5) is 16.5. The number of rotatable bonds is 3. The molecule has 0 aliphatic rings. The first-order chi connectivity index (χ1) is 6.84. The molecule has 0 aliphatic heterocycles. The Hall–Kier alpha value is -1.97. The molecule has 0 spiro atoms. The van der Waals surface area contributed by atoms with E-state index < -0.39 is 0 Å². The van der Waals surface area contributed by atoms with E-state index in [0.717, 1.165) is 17.9 Å². The van der Waals surface area contributed by atoms with Crippen LogP contribution in [0.2, 0.25) is 0 Å². The summed E-state index contributed by atoms with van der Waals surface area (Å²) in [5, 5.41) is 3.17. The molecule has 2 rings (SSSR count). The molecular weight excluding hydrogens is 178 g/mol. The van der Waals surface area contributed by atoms with Crippen LogP contribution in [0.4, 0.5) is 5.69 Å². The van der Waals surface area contributed by atoms with Crippen molar-refractivity contribution < 1.29 is 0 Å². The molecule has 3 N–H and O–H groups in total. The maximum atomic E-state index is 10.8. The fourth-order valence-corrected chi connectivity index (χ4v) is 1.20. The van der Waals surface area contributed by atoms with E-state index in [1.807, 2.05) is 18.3 Å². The number of hydrogen-bond acceptors (Lipinski definition) is 2. The van der Waals surface area contributed by atoms with Crippen LogP contribution in [0.25, 0.3) is 0 Å². The summed E-state index contributed by atoms with van der Waals surface area (Å²) in [6.07, 6.45) is 3.54. The van der Waals surface area contributed by atoms with Crippen LogP contribution in [0.3, 0.4) is 0 Å². The third kappa shape index (κ3) is 2.04. The minimum atomic E-state index is -0.0876. The second-order valence-electron chi connectivity index (χ2n) is 2.99. The Balaban J connectivity index is 1.99. The summed E-state index contributed by atoms with van der Waals surface area (Å²) in [7, 11) is 0. The fraction of sp³-hybridized carbons (Fsp3) is 0.100. The lowest BCUT2D eigenvalue weighted by Gasteiger charge is -2.03. The van der Waals surface area contributed by atoms with Crippen LogP contribution < -0.4 is 10.9 Å². The molecule has 0 aromatic carbocycles. The maximum Gasteiger partial charge on any atom is 0.248 e. The van der Waals surface area contributed by atoms with Gasteiger partial charge in [0.15, 0.2) is 0 Å². The number of hydrogen-bond donors (Lipinski definition) is 3. The van der Waals surface area contributed by atoms with Gasteiger partial charge < -0.3 is 15.3 Å². The Morgan fingerprint density at radius 2 is 2.14 bits per heavy atom. The van der Waals surface area contributed by atoms with Crippen molar-refractivity contribution in [3.8, 4) is 0 Å². The molecule has 0 saturated heterocycles. The molecule has 4 heteroatoms. The molecule has 2 heterocycles. The van der Waals surface area contributed by atoms with E-state index in [9.17, 15) is 4.79 Å². The number of H-pyrrole nitrogens is 2. The molecule has 0 radical (unpaired) electrons. The van der Waals surface area contributed by atoms with Crippen LogP contribution >= 0.6 is 0 Å². The number of pyridine rings is 1. The topological polar surface area (TPSA) is 60.7 Å². The Labute approximate surface area is 81.0 Å². The Morgan fingerprint density at radius 3 is 2.79 bits per heavy atom. The Kier molecular flexibility index (Phi) is 2.36. The minimum absolute atomic E-state index is 0.0876. The zero-order valence-corrected chi connectivity index (χ0v) is 7.58. The molecular formula is C10H11N3O. The van der Waals surface area contributed by atoms with Gasteiger partial charge in [0, 0.05) is 24.2 Å². The van der Waals surface area contributed by atoms with Gasteiger partial charge >= 0.3 is 0 Å². The first-order valence-corrected chi connectivity index (χ1v) is 4.39. The molecule has 0 atom stereocenters. The lowest BCUT2D eigenvalue weighted by atomic mass is 10.4. The third-order valence-electron chi connectivity index (χ3n) is 1.93. The first-order valence-electron chi connectivity index (χ1n) is 4.39. The van der Waals surface area contributed by atoms with Gasteiger partial charge in [-0.05, 0) is 18.2 Å². The largest absolute Gasteiger partial charge is 0.378 e. The third-order valence-corrected chi connectivity index (χ3v) is 1.93. The number of aromatic nitrogens is 2. The van der Waals surface area contributed by atoms with Crippen molar-refractivity contribution in [3.05, 3.63) is 52.7 Å². The Bertz CT molecular complexity index is 424. The molecule has 14 heavy (non-hydrogen) atoms. The summed E-state index contributed by atoms with van der Waals surface area (Å²) < 4.78 is 0. The van der Waals surface area contributed by atoms with Crippen LogP contribution in [0.1, 0.15) is 5.69 Å². The highest BCUT2D eigenvalue weighted by molar-refractivity contribution is 5.39. The predicted molar refractivity (Wildman–Crippen MR) is 55.2 cm³/mol. The average Bonchev–Trinajstić information content (AvgIpc) is 2.70. The summed E-state index contributed by atoms with van der Waals surface area (Å²) in [6.45, 7) is 0.721. The van der Waals surface area contributed by atoms with Crippen molar-refractivity contribution in [2.75, 3.05) is 5.32 Å². The number of aromatic amines is 2. The van der Waals surface area contributed by atoms with E-state index >= 15 is 0 Å². The van der Waals surface area contributed by atoms with E-state index in [1.165, 1.54) is 6.07 Å². The molecule has 4 nitrogen and oxygen atoms in total. The number of nitrogens with one attached hydrogen (secondary N) is 3. The van der Waals surface area contributed by atoms with Gasteiger partial charge in [0.25, 0.3) is 0 Å². The van der Waals surface area contributed by atoms with Crippen molar-refractivity contribution in [2.24, 2.45) is 0 Å². The van der Waals surface area contributed by atoms with Crippen LogP contribution in [0.15, 0.2) is 41.5 Å². The van der Waals surface area contributed by atoms with Crippen LogP contribution in [0.5, 0.6) is 0 Å². The van der Waals surface area contributed by atoms with Gasteiger partial charge in [-0.25, -0.2) is 0 Å². The predicted octanol–water partition coefficient (Wildman–Crippen LogP) is 1.32. The van der Waals surface area contributed by atoms with Gasteiger partial charge in [-0.3, -0.25) is 4.79 Å². The van der Waals surface area contributed by atoms with Gasteiger partial charge in [-0.15, -0.1) is 0 Å². The van der Waals surface area contributed by atoms with E-state index in [2.05, 4.69) is 15.3 Å². The molecule has 0 amide bonds. The molecule has 72 valence electrons. The molecule has 0 bridgehead atoms. The van der Waals surface area contributed by atoms with Gasteiger partial charge in [-0.1, -0.05) is 0 Å². The van der Waals surface area contributed by atoms with Crippen molar-refractivity contribution in [3.63, 3.8) is 0 Å². The second-order valence-corrected chi connectivity index (χ2v) is 2.99. The highest BCUT2D eigenvalue weighted by Crippen LogP contribution is 2.03. The maximum absolute atomic E-state index is 10.8. The monoisotopic (exact) mass is 189 g/mol. The van der Waals surface area contributed by atoms with Gasteiger partial charge in [-0.2, -0.15) is 0 Å². The molecule has 0 aliphatic carbocycles. The highest BCUT2D eigenvalue weighted by Gasteiger charge is 1.93. The van der Waals surface area contributed by atoms with E-state index in [-0.39, 0.29) is 5.56 Å². The fourth-order valence-electron chi connectivity index (χ4n) is 1.20. The van der Waals surface area contributed by atoms with Crippen LogP contribution in [-0.2, 0) is 6.54 Å². The first kappa shape index (κ1) is 8.62. The van der Waals surface area contributed by atoms with Gasteiger partial charge in [0.1, 0.15) is 0 Å². The van der Waals surface area contributed by atoms with E-state index in [0.29, 0.717) is 0 Å². The van der Waals surface area contributed by atoms with Crippen molar-refractivity contribution in [2.45, 2.75) is 6.54 Å². The standard InChI is InChI=1S/C10H11N3O/c14-10-4-3-9(7-13-10)12-6-8-2-1-5-11-8/h1-5,7,11-12H,6H2,(H,13,14). The summed E-state index contributed by atoms with van der Waals surface area (Å²) in [5.41, 5.74) is 1.92. The average molecular weight is 189 g/mol. The molecule has 0 saturated carbocycles. The van der Waals surface area contributed by atoms with Crippen LogP contribution in [-0.4, -0.2) is 9.97 Å². The number of anilines is 1. The molecule has 2 aromatic rings. The van der Waals surface area contributed by atoms with Crippen molar-refractivity contribution in [1.82, 2.24) is 9.97 Å². The normalized spacial score (nSPS) is 10.0. The summed E-state index contributed by atoms with van der Waals surface area (Å²) in [5.74, 6) is 0. The van der Waals surface area contributed by atoms with Gasteiger partial charge in [0.05, 0.1) is 12.2 Å². The Morgan fingerprint density at radius 1 is 1.21 bits per heavy atom. The SMILES string of the molecule is O=c1ccc(NCc2ccc[nH]2)c[nH]1. The lowest BCUT2D eigenvalue weighted by Crippen LogP contribution is -2.05.